The van der Waals surface area contributed by atoms with E-state index in [-0.39, 0.29) is 12.3 Å². The number of nitrogens with one attached hydrogen (secondary N) is 1. The van der Waals surface area contributed by atoms with Crippen LogP contribution < -0.4 is 4.98 Å². The first kappa shape index (κ1) is 11.3. The van der Waals surface area contributed by atoms with Crippen LogP contribution in [0.15, 0.2) is 0 Å². The lowest BCUT2D eigenvalue weighted by Crippen LogP contribution is -2.45. The van der Waals surface area contributed by atoms with Gasteiger partial charge in [-0.15, -0.1) is 23.2 Å². The minimum atomic E-state index is -1.50. The van der Waals surface area contributed by atoms with Crippen molar-refractivity contribution in [3.05, 3.63) is 0 Å². The van der Waals surface area contributed by atoms with Crippen molar-refractivity contribution in [2.45, 2.75) is 30.9 Å². The summed E-state index contributed by atoms with van der Waals surface area (Å²) < 4.78 is 0. The van der Waals surface area contributed by atoms with Gasteiger partial charge in [-0.1, -0.05) is 19.6 Å². The smallest absolute Gasteiger partial charge is 0.214 e. The summed E-state index contributed by atoms with van der Waals surface area (Å²) in [4.78, 5) is 13.3. The van der Waals surface area contributed by atoms with Crippen molar-refractivity contribution in [1.29, 1.82) is 0 Å². The molecule has 0 unspecified atom stereocenters. The second kappa shape index (κ2) is 4.33. The van der Waals surface area contributed by atoms with Crippen molar-refractivity contribution in [2.24, 2.45) is 0 Å². The number of alkyl halides is 2. The molecule has 0 radical (unpaired) electrons. The Kier molecular flexibility index (Phi) is 4.44. The average molecular weight is 214 g/mol. The number of carbonyl (C=O) groups excluding carboxylic acids is 1. The summed E-state index contributed by atoms with van der Waals surface area (Å²) in [6.07, 6.45) is 0.188. The average Bonchev–Trinajstić information content (AvgIpc) is 1.53. The van der Waals surface area contributed by atoms with E-state index in [4.69, 9.17) is 23.2 Å². The first-order chi connectivity index (χ1) is 4.81. The normalized spacial score (nSPS) is 11.8. The van der Waals surface area contributed by atoms with Crippen molar-refractivity contribution in [3.63, 3.8) is 0 Å². The van der Waals surface area contributed by atoms with E-state index in [1.165, 1.54) is 0 Å². The molecule has 0 rings (SSSR count). The predicted molar refractivity (Wildman–Crippen MR) is 51.6 cm³/mol. The molecule has 0 spiro atoms. The molecule has 0 atom stereocenters. The van der Waals surface area contributed by atoms with Gasteiger partial charge in [0, 0.05) is 0 Å². The van der Waals surface area contributed by atoms with Gasteiger partial charge in [-0.2, -0.15) is 0 Å². The highest BCUT2D eigenvalue weighted by atomic mass is 35.5. The fourth-order valence-corrected chi connectivity index (χ4v) is 1.83. The summed E-state index contributed by atoms with van der Waals surface area (Å²) in [6.45, 7) is 6.13. The summed E-state index contributed by atoms with van der Waals surface area (Å²) in [5.74, 6) is -0.0563. The summed E-state index contributed by atoms with van der Waals surface area (Å²) in [5, 5.41) is 0. The third-order valence-electron chi connectivity index (χ3n) is 0.854. The largest absolute Gasteiger partial charge is 0.382 e. The number of hydrogen-bond acceptors (Lipinski definition) is 1. The van der Waals surface area contributed by atoms with Crippen LogP contribution >= 0.6 is 23.2 Å². The van der Waals surface area contributed by atoms with Crippen molar-refractivity contribution in [1.82, 2.24) is 4.98 Å². The Labute approximate surface area is 78.3 Å². The number of carbonyl (C=O) groups is 1. The highest BCUT2D eigenvalue weighted by molar-refractivity contribution is 6.75. The predicted octanol–water partition coefficient (Wildman–Crippen LogP) is 2.13. The molecule has 11 heavy (non-hydrogen) atoms. The Hall–Kier alpha value is 0.267. The number of amides is 1. The van der Waals surface area contributed by atoms with Crippen LogP contribution in [0.4, 0.5) is 0 Å². The first-order valence-electron chi connectivity index (χ1n) is 3.40. The Morgan fingerprint density at radius 1 is 1.45 bits per heavy atom. The monoisotopic (exact) mass is 213 g/mol. The molecule has 0 aliphatic carbocycles. The lowest BCUT2D eigenvalue weighted by atomic mass is 10.5. The van der Waals surface area contributed by atoms with Crippen LogP contribution in [0, 0.1) is 0 Å². The van der Waals surface area contributed by atoms with Crippen LogP contribution in [-0.4, -0.2) is 19.0 Å². The van der Waals surface area contributed by atoms with Gasteiger partial charge in [-0.25, -0.2) is 0 Å². The SMILES string of the molecule is C[Si](C)(C)NC(=O)CC(Cl)Cl. The molecule has 0 bridgehead atoms. The summed E-state index contributed by atoms with van der Waals surface area (Å²) in [6, 6.07) is 0. The Bertz CT molecular complexity index is 144. The van der Waals surface area contributed by atoms with Gasteiger partial charge >= 0.3 is 0 Å². The number of halogens is 2. The lowest BCUT2D eigenvalue weighted by Gasteiger charge is -2.17. The van der Waals surface area contributed by atoms with Gasteiger partial charge in [-0.3, -0.25) is 4.79 Å². The zero-order valence-electron chi connectivity index (χ0n) is 6.95. The molecule has 0 aliphatic rings. The minimum Gasteiger partial charge on any atom is -0.382 e. The maximum atomic E-state index is 11.0. The Balaban J connectivity index is 3.71. The maximum absolute atomic E-state index is 11.0. The Morgan fingerprint density at radius 3 is 2.18 bits per heavy atom. The van der Waals surface area contributed by atoms with Crippen LogP contribution in [-0.2, 0) is 4.79 Å². The van der Waals surface area contributed by atoms with E-state index < -0.39 is 13.1 Å². The van der Waals surface area contributed by atoms with E-state index in [2.05, 4.69) is 4.98 Å². The molecule has 2 nitrogen and oxygen atoms in total. The van der Waals surface area contributed by atoms with Crippen molar-refractivity contribution < 1.29 is 4.79 Å². The fourth-order valence-electron chi connectivity index (χ4n) is 0.609. The van der Waals surface area contributed by atoms with Crippen LogP contribution in [0.3, 0.4) is 0 Å². The molecule has 0 aromatic rings. The molecule has 0 saturated carbocycles. The van der Waals surface area contributed by atoms with E-state index >= 15 is 0 Å². The molecule has 0 fully saturated rings. The van der Waals surface area contributed by atoms with E-state index in [0.29, 0.717) is 0 Å². The number of hydrogen-bond donors (Lipinski definition) is 1. The standard InChI is InChI=1S/C6H13Cl2NOSi/c1-11(2,3)9-6(10)4-5(7)8/h5H,4H2,1-3H3,(H,9,10). The summed E-state index contributed by atoms with van der Waals surface area (Å²) in [5.41, 5.74) is 0. The highest BCUT2D eigenvalue weighted by Gasteiger charge is 2.17. The molecule has 66 valence electrons. The summed E-state index contributed by atoms with van der Waals surface area (Å²) >= 11 is 10.8. The zero-order valence-corrected chi connectivity index (χ0v) is 9.46. The van der Waals surface area contributed by atoms with Gasteiger partial charge in [0.05, 0.1) is 6.42 Å². The van der Waals surface area contributed by atoms with Crippen molar-refractivity contribution >= 4 is 37.3 Å². The van der Waals surface area contributed by atoms with E-state index in [1.54, 1.807) is 0 Å². The fraction of sp³-hybridized carbons (Fsp3) is 0.833. The van der Waals surface area contributed by atoms with Gasteiger partial charge in [0.25, 0.3) is 0 Å². The molecule has 0 aliphatic heterocycles. The van der Waals surface area contributed by atoms with Crippen molar-refractivity contribution in [2.75, 3.05) is 0 Å². The molecule has 1 amide bonds. The summed E-state index contributed by atoms with van der Waals surface area (Å²) in [7, 11) is -1.50. The van der Waals surface area contributed by atoms with Crippen LogP contribution in [0.2, 0.25) is 19.6 Å². The third-order valence-corrected chi connectivity index (χ3v) is 2.19. The first-order valence-corrected chi connectivity index (χ1v) is 7.78. The molecule has 0 saturated heterocycles. The molecule has 5 heteroatoms. The third kappa shape index (κ3) is 8.17. The maximum Gasteiger partial charge on any atom is 0.214 e. The van der Waals surface area contributed by atoms with Crippen LogP contribution in [0.1, 0.15) is 6.42 Å². The zero-order chi connectivity index (χ0) is 9.07. The minimum absolute atomic E-state index is 0.0563. The Morgan fingerprint density at radius 2 is 1.91 bits per heavy atom. The van der Waals surface area contributed by atoms with E-state index in [9.17, 15) is 4.79 Å². The molecule has 0 aromatic heterocycles. The van der Waals surface area contributed by atoms with E-state index in [0.717, 1.165) is 0 Å². The highest BCUT2D eigenvalue weighted by Crippen LogP contribution is 2.07. The lowest BCUT2D eigenvalue weighted by molar-refractivity contribution is -0.119. The number of rotatable bonds is 3. The van der Waals surface area contributed by atoms with Gasteiger partial charge in [0.15, 0.2) is 0 Å². The molecule has 1 N–H and O–H groups in total. The molecular weight excluding hydrogens is 201 g/mol. The molecule has 0 aromatic carbocycles. The second-order valence-corrected chi connectivity index (χ2v) is 9.42. The van der Waals surface area contributed by atoms with Crippen molar-refractivity contribution in [3.8, 4) is 0 Å². The molecule has 0 heterocycles. The van der Waals surface area contributed by atoms with Gasteiger partial charge in [-0.05, 0) is 0 Å². The van der Waals surface area contributed by atoms with Gasteiger partial charge in [0.2, 0.25) is 5.91 Å². The topological polar surface area (TPSA) is 29.1 Å². The van der Waals surface area contributed by atoms with E-state index in [1.807, 2.05) is 19.6 Å². The van der Waals surface area contributed by atoms with Gasteiger partial charge < -0.3 is 4.98 Å². The quantitative estimate of drug-likeness (QED) is 0.566. The molecular formula is C6H13Cl2NOSi. The van der Waals surface area contributed by atoms with Gasteiger partial charge in [0.1, 0.15) is 13.1 Å². The van der Waals surface area contributed by atoms with Crippen LogP contribution in [0.5, 0.6) is 0 Å². The second-order valence-electron chi connectivity index (χ2n) is 3.39. The van der Waals surface area contributed by atoms with Crippen LogP contribution in [0.25, 0.3) is 0 Å².